The lowest BCUT2D eigenvalue weighted by molar-refractivity contribution is 0.0942. The minimum absolute atomic E-state index is 0.0444. The van der Waals surface area contributed by atoms with E-state index in [-0.39, 0.29) is 17.9 Å². The van der Waals surface area contributed by atoms with Gasteiger partial charge in [-0.1, -0.05) is 18.2 Å². The molecule has 0 spiro atoms. The minimum Gasteiger partial charge on any atom is -0.463 e. The zero-order valence-corrected chi connectivity index (χ0v) is 18.1. The number of benzene rings is 2. The average molecular weight is 428 g/mol. The predicted molar refractivity (Wildman–Crippen MR) is 123 cm³/mol. The highest BCUT2D eigenvalue weighted by molar-refractivity contribution is 6.04. The molecule has 0 saturated heterocycles. The van der Waals surface area contributed by atoms with Crippen molar-refractivity contribution in [3.63, 3.8) is 0 Å². The van der Waals surface area contributed by atoms with Crippen molar-refractivity contribution in [3.8, 4) is 17.1 Å². The fourth-order valence-electron chi connectivity index (χ4n) is 3.38. The van der Waals surface area contributed by atoms with Crippen LogP contribution in [0.2, 0.25) is 0 Å². The number of aromatic nitrogens is 2. The van der Waals surface area contributed by atoms with Crippen LogP contribution in [0.5, 0.6) is 0 Å². The van der Waals surface area contributed by atoms with E-state index in [1.807, 2.05) is 51.1 Å². The number of carbonyl (C=O) groups excluding carboxylic acids is 2. The number of amides is 2. The van der Waals surface area contributed by atoms with E-state index in [0.29, 0.717) is 28.4 Å². The fraction of sp³-hybridized carbons (Fsp3) is 0.160. The van der Waals surface area contributed by atoms with Crippen LogP contribution in [0.1, 0.15) is 40.3 Å². The first-order chi connectivity index (χ1) is 15.4. The highest BCUT2D eigenvalue weighted by Crippen LogP contribution is 2.23. The van der Waals surface area contributed by atoms with Crippen LogP contribution in [0, 0.1) is 6.92 Å². The van der Waals surface area contributed by atoms with Crippen LogP contribution in [0.25, 0.3) is 17.1 Å². The van der Waals surface area contributed by atoms with E-state index in [4.69, 9.17) is 4.42 Å². The predicted octanol–water partition coefficient (Wildman–Crippen LogP) is 4.83. The number of nitrogens with one attached hydrogen (secondary N) is 2. The Morgan fingerprint density at radius 1 is 0.969 bits per heavy atom. The van der Waals surface area contributed by atoms with Gasteiger partial charge in [-0.2, -0.15) is 5.10 Å². The SMILES string of the molecule is Cc1cc(NC(=O)c2cc(-c3ccco3)nn2-c2ccccc2)ccc1C(=O)NC(C)C. The molecule has 2 amide bonds. The second-order valence-electron chi connectivity index (χ2n) is 7.75. The molecule has 2 aromatic heterocycles. The number of rotatable bonds is 6. The average Bonchev–Trinajstić information content (AvgIpc) is 3.44. The molecule has 4 aromatic rings. The van der Waals surface area contributed by atoms with Crippen LogP contribution in [0.4, 0.5) is 5.69 Å². The van der Waals surface area contributed by atoms with E-state index in [1.165, 1.54) is 0 Å². The Morgan fingerprint density at radius 3 is 2.41 bits per heavy atom. The lowest BCUT2D eigenvalue weighted by Crippen LogP contribution is -2.30. The number of anilines is 1. The lowest BCUT2D eigenvalue weighted by Gasteiger charge is -2.12. The van der Waals surface area contributed by atoms with Crippen molar-refractivity contribution in [2.75, 3.05) is 5.32 Å². The largest absolute Gasteiger partial charge is 0.463 e. The van der Waals surface area contributed by atoms with Gasteiger partial charge in [0.2, 0.25) is 0 Å². The van der Waals surface area contributed by atoms with E-state index in [0.717, 1.165) is 11.3 Å². The summed E-state index contributed by atoms with van der Waals surface area (Å²) < 4.78 is 7.04. The van der Waals surface area contributed by atoms with Gasteiger partial charge in [0.1, 0.15) is 11.4 Å². The first-order valence-corrected chi connectivity index (χ1v) is 10.3. The van der Waals surface area contributed by atoms with Gasteiger partial charge in [-0.25, -0.2) is 4.68 Å². The molecule has 0 radical (unpaired) electrons. The van der Waals surface area contributed by atoms with Crippen molar-refractivity contribution >= 4 is 17.5 Å². The molecular formula is C25H24N4O3. The second-order valence-corrected chi connectivity index (χ2v) is 7.75. The van der Waals surface area contributed by atoms with Gasteiger partial charge in [0.25, 0.3) is 11.8 Å². The summed E-state index contributed by atoms with van der Waals surface area (Å²) in [6.07, 6.45) is 1.57. The molecule has 32 heavy (non-hydrogen) atoms. The maximum Gasteiger partial charge on any atom is 0.274 e. The van der Waals surface area contributed by atoms with E-state index in [2.05, 4.69) is 15.7 Å². The summed E-state index contributed by atoms with van der Waals surface area (Å²) in [7, 11) is 0. The van der Waals surface area contributed by atoms with Crippen LogP contribution in [0.15, 0.2) is 77.4 Å². The molecule has 0 aliphatic carbocycles. The second kappa shape index (κ2) is 8.93. The summed E-state index contributed by atoms with van der Waals surface area (Å²) in [5.41, 5.74) is 3.61. The first kappa shape index (κ1) is 21.1. The van der Waals surface area contributed by atoms with Gasteiger partial charge in [-0.15, -0.1) is 0 Å². The van der Waals surface area contributed by atoms with Crippen molar-refractivity contribution in [2.24, 2.45) is 0 Å². The first-order valence-electron chi connectivity index (χ1n) is 10.3. The molecule has 0 fully saturated rings. The van der Waals surface area contributed by atoms with Crippen molar-refractivity contribution in [2.45, 2.75) is 26.8 Å². The Balaban J connectivity index is 1.63. The van der Waals surface area contributed by atoms with E-state index >= 15 is 0 Å². The van der Waals surface area contributed by atoms with Crippen molar-refractivity contribution < 1.29 is 14.0 Å². The summed E-state index contributed by atoms with van der Waals surface area (Å²) in [5.74, 6) is 0.114. The maximum atomic E-state index is 13.2. The Labute approximate surface area is 186 Å². The van der Waals surface area contributed by atoms with Crippen molar-refractivity contribution in [1.82, 2.24) is 15.1 Å². The molecule has 7 nitrogen and oxygen atoms in total. The third-order valence-electron chi connectivity index (χ3n) is 4.87. The van der Waals surface area contributed by atoms with Crippen LogP contribution in [0.3, 0.4) is 0 Å². The highest BCUT2D eigenvalue weighted by atomic mass is 16.3. The van der Waals surface area contributed by atoms with Gasteiger partial charge in [-0.3, -0.25) is 9.59 Å². The standard InChI is InChI=1S/C25H24N4O3/c1-16(2)26-24(30)20-12-11-18(14-17(20)3)27-25(31)22-15-21(23-10-7-13-32-23)28-29(22)19-8-5-4-6-9-19/h4-16H,1-3H3,(H,26,30)(H,27,31). The lowest BCUT2D eigenvalue weighted by atomic mass is 10.1. The molecule has 0 aliphatic heterocycles. The summed E-state index contributed by atoms with van der Waals surface area (Å²) in [6.45, 7) is 5.66. The number of hydrogen-bond acceptors (Lipinski definition) is 4. The van der Waals surface area contributed by atoms with E-state index in [9.17, 15) is 9.59 Å². The molecule has 162 valence electrons. The molecule has 2 heterocycles. The molecule has 0 bridgehead atoms. The summed E-state index contributed by atoms with van der Waals surface area (Å²) in [4.78, 5) is 25.5. The zero-order chi connectivity index (χ0) is 22.7. The van der Waals surface area contributed by atoms with Crippen LogP contribution < -0.4 is 10.6 Å². The van der Waals surface area contributed by atoms with Gasteiger partial charge in [0, 0.05) is 23.4 Å². The maximum absolute atomic E-state index is 13.2. The Morgan fingerprint density at radius 2 is 1.75 bits per heavy atom. The molecule has 0 saturated carbocycles. The molecule has 4 rings (SSSR count). The quantitative estimate of drug-likeness (QED) is 0.460. The fourth-order valence-corrected chi connectivity index (χ4v) is 3.38. The molecule has 0 atom stereocenters. The van der Waals surface area contributed by atoms with Gasteiger partial charge < -0.3 is 15.1 Å². The number of nitrogens with zero attached hydrogens (tertiary/aromatic N) is 2. The third-order valence-corrected chi connectivity index (χ3v) is 4.87. The zero-order valence-electron chi connectivity index (χ0n) is 18.1. The van der Waals surface area contributed by atoms with Gasteiger partial charge in [0.05, 0.1) is 12.0 Å². The van der Waals surface area contributed by atoms with Crippen molar-refractivity contribution in [3.05, 3.63) is 89.8 Å². The number of para-hydroxylation sites is 1. The normalized spacial score (nSPS) is 10.9. The topological polar surface area (TPSA) is 89.2 Å². The van der Waals surface area contributed by atoms with Gasteiger partial charge in [-0.05, 0) is 68.8 Å². The van der Waals surface area contributed by atoms with Crippen molar-refractivity contribution in [1.29, 1.82) is 0 Å². The summed E-state index contributed by atoms with van der Waals surface area (Å²) in [6, 6.07) is 19.9. The van der Waals surface area contributed by atoms with E-state index in [1.54, 1.807) is 47.3 Å². The molecule has 0 unspecified atom stereocenters. The summed E-state index contributed by atoms with van der Waals surface area (Å²) >= 11 is 0. The Hall–Kier alpha value is -4.13. The van der Waals surface area contributed by atoms with Gasteiger partial charge >= 0.3 is 0 Å². The molecule has 2 N–H and O–H groups in total. The number of furan rings is 1. The van der Waals surface area contributed by atoms with Gasteiger partial charge in [0.15, 0.2) is 5.76 Å². The molecule has 0 aliphatic rings. The number of hydrogen-bond donors (Lipinski definition) is 2. The highest BCUT2D eigenvalue weighted by Gasteiger charge is 2.19. The Kier molecular flexibility index (Phi) is 5.89. The number of aryl methyl sites for hydroxylation is 1. The monoisotopic (exact) mass is 428 g/mol. The van der Waals surface area contributed by atoms with E-state index < -0.39 is 0 Å². The van der Waals surface area contributed by atoms with Crippen LogP contribution in [-0.2, 0) is 0 Å². The summed E-state index contributed by atoms with van der Waals surface area (Å²) in [5, 5.41) is 10.4. The minimum atomic E-state index is -0.321. The Bertz CT molecular complexity index is 1240. The molecule has 7 heteroatoms. The number of carbonyl (C=O) groups is 2. The molecular weight excluding hydrogens is 404 g/mol. The third kappa shape index (κ3) is 4.46. The van der Waals surface area contributed by atoms with Crippen LogP contribution >= 0.6 is 0 Å². The van der Waals surface area contributed by atoms with Crippen LogP contribution in [-0.4, -0.2) is 27.6 Å². The smallest absolute Gasteiger partial charge is 0.274 e. The molecule has 2 aromatic carbocycles.